The Morgan fingerprint density at radius 1 is 1.27 bits per heavy atom. The Morgan fingerprint density at radius 3 is 2.36 bits per heavy atom. The molecule has 0 aromatic heterocycles. The fourth-order valence-electron chi connectivity index (χ4n) is 1.97. The highest BCUT2D eigenvalue weighted by Crippen LogP contribution is 2.18. The van der Waals surface area contributed by atoms with E-state index in [4.69, 9.17) is 11.6 Å². The topological polar surface area (TPSA) is 61.4 Å². The number of nitrogens with zero attached hydrogens (tertiary/aromatic N) is 1. The molecule has 2 amide bonds. The van der Waals surface area contributed by atoms with Gasteiger partial charge >= 0.3 is 11.8 Å². The maximum Gasteiger partial charge on any atom is 0.313 e. The van der Waals surface area contributed by atoms with Crippen LogP contribution in [0.15, 0.2) is 18.2 Å². The number of amides is 2. The molecule has 0 saturated carbocycles. The number of halogens is 2. The Kier molecular flexibility index (Phi) is 7.84. The van der Waals surface area contributed by atoms with Crippen LogP contribution < -0.4 is 10.6 Å². The summed E-state index contributed by atoms with van der Waals surface area (Å²) in [6, 6.07) is 3.71. The van der Waals surface area contributed by atoms with Gasteiger partial charge in [0.1, 0.15) is 5.82 Å². The molecule has 7 heteroatoms. The smallest absolute Gasteiger partial charge is 0.313 e. The Labute approximate surface area is 134 Å². The standard InChI is InChI=1S/C9H8ClFN2O2.C6H13N/c1-12-8(14)9(15)13-5-2-3-6(10)7(11)4-5;1-2-7-5-3-4-6-7/h2-4H,1H3,(H,12,14)(H,13,15);2-6H2,1H3. The van der Waals surface area contributed by atoms with Gasteiger partial charge in [-0.2, -0.15) is 0 Å². The van der Waals surface area contributed by atoms with E-state index in [1.54, 1.807) is 0 Å². The second kappa shape index (κ2) is 9.38. The molecular formula is C15H21ClFN3O2. The predicted octanol–water partition coefficient (Wildman–Crippen LogP) is 2.27. The molecule has 1 aromatic carbocycles. The zero-order valence-electron chi connectivity index (χ0n) is 12.8. The number of rotatable bonds is 2. The Balaban J connectivity index is 0.000000287. The van der Waals surface area contributed by atoms with Gasteiger partial charge in [0.25, 0.3) is 0 Å². The van der Waals surface area contributed by atoms with Gasteiger partial charge in [0.05, 0.1) is 5.02 Å². The first-order chi connectivity index (χ1) is 10.5. The number of anilines is 1. The highest BCUT2D eigenvalue weighted by molar-refractivity contribution is 6.39. The average molecular weight is 330 g/mol. The molecule has 1 heterocycles. The van der Waals surface area contributed by atoms with E-state index in [2.05, 4.69) is 22.5 Å². The van der Waals surface area contributed by atoms with E-state index in [1.807, 2.05) is 0 Å². The van der Waals surface area contributed by atoms with Gasteiger partial charge in [-0.05, 0) is 50.7 Å². The van der Waals surface area contributed by atoms with Crippen LogP contribution in [0.25, 0.3) is 0 Å². The van der Waals surface area contributed by atoms with Crippen molar-refractivity contribution < 1.29 is 14.0 Å². The summed E-state index contributed by atoms with van der Waals surface area (Å²) in [5, 5.41) is 4.30. The largest absolute Gasteiger partial charge is 0.351 e. The second-order valence-electron chi connectivity index (χ2n) is 4.80. The zero-order valence-corrected chi connectivity index (χ0v) is 13.5. The first-order valence-electron chi connectivity index (χ1n) is 7.18. The molecule has 1 fully saturated rings. The van der Waals surface area contributed by atoms with Crippen molar-refractivity contribution in [1.29, 1.82) is 0 Å². The summed E-state index contributed by atoms with van der Waals surface area (Å²) in [6.07, 6.45) is 2.85. The van der Waals surface area contributed by atoms with Crippen molar-refractivity contribution in [3.8, 4) is 0 Å². The predicted molar refractivity (Wildman–Crippen MR) is 85.5 cm³/mol. The van der Waals surface area contributed by atoms with E-state index < -0.39 is 17.6 Å². The van der Waals surface area contributed by atoms with Crippen molar-refractivity contribution in [2.75, 3.05) is 32.0 Å². The van der Waals surface area contributed by atoms with Crippen molar-refractivity contribution in [1.82, 2.24) is 10.2 Å². The summed E-state index contributed by atoms with van der Waals surface area (Å²) >= 11 is 5.44. The van der Waals surface area contributed by atoms with Crippen molar-refractivity contribution in [2.24, 2.45) is 0 Å². The van der Waals surface area contributed by atoms with Crippen molar-refractivity contribution in [3.63, 3.8) is 0 Å². The monoisotopic (exact) mass is 329 g/mol. The SMILES string of the molecule is CCN1CCCC1.CNC(=O)C(=O)Nc1ccc(Cl)c(F)c1. The summed E-state index contributed by atoms with van der Waals surface area (Å²) in [5.74, 6) is -2.32. The van der Waals surface area contributed by atoms with Crippen LogP contribution in [0, 0.1) is 5.82 Å². The summed E-state index contributed by atoms with van der Waals surface area (Å²) in [6.45, 7) is 6.16. The lowest BCUT2D eigenvalue weighted by Crippen LogP contribution is -2.32. The molecule has 0 unspecified atom stereocenters. The molecular weight excluding hydrogens is 309 g/mol. The van der Waals surface area contributed by atoms with E-state index in [-0.39, 0.29) is 10.7 Å². The van der Waals surface area contributed by atoms with Gasteiger partial charge in [0, 0.05) is 12.7 Å². The Hall–Kier alpha value is -1.66. The van der Waals surface area contributed by atoms with E-state index in [0.29, 0.717) is 0 Å². The lowest BCUT2D eigenvalue weighted by atomic mass is 10.3. The zero-order chi connectivity index (χ0) is 16.5. The molecule has 2 rings (SSSR count). The lowest BCUT2D eigenvalue weighted by Gasteiger charge is -2.08. The molecule has 5 nitrogen and oxygen atoms in total. The lowest BCUT2D eigenvalue weighted by molar-refractivity contribution is -0.135. The number of likely N-dealkylation sites (tertiary alicyclic amines) is 1. The number of benzene rings is 1. The minimum atomic E-state index is -0.862. The molecule has 1 aromatic rings. The molecule has 0 atom stereocenters. The van der Waals surface area contributed by atoms with Crippen LogP contribution in [-0.4, -0.2) is 43.4 Å². The van der Waals surface area contributed by atoms with Crippen LogP contribution in [0.3, 0.4) is 0 Å². The molecule has 0 bridgehead atoms. The molecule has 122 valence electrons. The van der Waals surface area contributed by atoms with Crippen LogP contribution in [-0.2, 0) is 9.59 Å². The minimum absolute atomic E-state index is 0.0482. The van der Waals surface area contributed by atoms with Gasteiger partial charge in [-0.3, -0.25) is 9.59 Å². The number of carbonyl (C=O) groups excluding carboxylic acids is 2. The highest BCUT2D eigenvalue weighted by atomic mass is 35.5. The summed E-state index contributed by atoms with van der Waals surface area (Å²) in [7, 11) is 1.32. The van der Waals surface area contributed by atoms with Gasteiger partial charge in [-0.25, -0.2) is 4.39 Å². The number of carbonyl (C=O) groups is 2. The quantitative estimate of drug-likeness (QED) is 0.818. The van der Waals surface area contributed by atoms with E-state index in [1.165, 1.54) is 51.7 Å². The molecule has 22 heavy (non-hydrogen) atoms. The fraction of sp³-hybridized carbons (Fsp3) is 0.467. The number of likely N-dealkylation sites (N-methyl/N-ethyl adjacent to an activating group) is 1. The van der Waals surface area contributed by atoms with Gasteiger partial charge in [-0.15, -0.1) is 0 Å². The van der Waals surface area contributed by atoms with Crippen LogP contribution in [0.5, 0.6) is 0 Å². The van der Waals surface area contributed by atoms with E-state index in [0.717, 1.165) is 6.07 Å². The van der Waals surface area contributed by atoms with Crippen LogP contribution in [0.4, 0.5) is 10.1 Å². The first-order valence-corrected chi connectivity index (χ1v) is 7.56. The van der Waals surface area contributed by atoms with Crippen molar-refractivity contribution in [2.45, 2.75) is 19.8 Å². The van der Waals surface area contributed by atoms with E-state index in [9.17, 15) is 14.0 Å². The number of nitrogens with one attached hydrogen (secondary N) is 2. The third-order valence-electron chi connectivity index (χ3n) is 3.26. The van der Waals surface area contributed by atoms with Crippen LogP contribution >= 0.6 is 11.6 Å². The van der Waals surface area contributed by atoms with E-state index >= 15 is 0 Å². The first kappa shape index (κ1) is 18.4. The summed E-state index contributed by atoms with van der Waals surface area (Å²) in [4.78, 5) is 24.4. The number of hydrogen-bond acceptors (Lipinski definition) is 3. The third-order valence-corrected chi connectivity index (χ3v) is 3.56. The summed E-state index contributed by atoms with van der Waals surface area (Å²) in [5.41, 5.74) is 0.172. The minimum Gasteiger partial charge on any atom is -0.351 e. The second-order valence-corrected chi connectivity index (χ2v) is 5.21. The average Bonchev–Trinajstić information content (AvgIpc) is 3.04. The van der Waals surface area contributed by atoms with Gasteiger partial charge in [0.2, 0.25) is 0 Å². The van der Waals surface area contributed by atoms with Crippen molar-refractivity contribution in [3.05, 3.63) is 29.0 Å². The number of hydrogen-bond donors (Lipinski definition) is 2. The highest BCUT2D eigenvalue weighted by Gasteiger charge is 2.12. The maximum atomic E-state index is 12.9. The molecule has 2 N–H and O–H groups in total. The molecule has 0 spiro atoms. The summed E-state index contributed by atoms with van der Waals surface area (Å²) < 4.78 is 12.9. The molecule has 1 aliphatic rings. The molecule has 0 aliphatic carbocycles. The molecule has 1 aliphatic heterocycles. The van der Waals surface area contributed by atoms with Gasteiger partial charge < -0.3 is 15.5 Å². The fourth-order valence-corrected chi connectivity index (χ4v) is 2.09. The normalized spacial score (nSPS) is 14.0. The molecule has 1 saturated heterocycles. The third kappa shape index (κ3) is 5.99. The Bertz CT molecular complexity index is 520. The van der Waals surface area contributed by atoms with Crippen LogP contribution in [0.1, 0.15) is 19.8 Å². The van der Waals surface area contributed by atoms with Crippen molar-refractivity contribution >= 4 is 29.1 Å². The van der Waals surface area contributed by atoms with Gasteiger partial charge in [0.15, 0.2) is 0 Å². The Morgan fingerprint density at radius 2 is 1.91 bits per heavy atom. The maximum absolute atomic E-state index is 12.9. The molecule has 0 radical (unpaired) electrons. The van der Waals surface area contributed by atoms with Gasteiger partial charge in [-0.1, -0.05) is 18.5 Å². The van der Waals surface area contributed by atoms with Crippen LogP contribution in [0.2, 0.25) is 5.02 Å².